The van der Waals surface area contributed by atoms with Gasteiger partial charge in [-0.1, -0.05) is 13.0 Å². The summed E-state index contributed by atoms with van der Waals surface area (Å²) in [5.74, 6) is 0.393. The normalized spacial score (nSPS) is 30.0. The van der Waals surface area contributed by atoms with Crippen molar-refractivity contribution in [1.82, 2.24) is 10.2 Å². The topological polar surface area (TPSA) is 74.2 Å². The van der Waals surface area contributed by atoms with Gasteiger partial charge in [0.15, 0.2) is 0 Å². The number of aliphatic hydroxyl groups is 1. The lowest BCUT2D eigenvalue weighted by molar-refractivity contribution is -0.145. The van der Waals surface area contributed by atoms with Crippen LogP contribution in [0.3, 0.4) is 0 Å². The van der Waals surface area contributed by atoms with E-state index in [-0.39, 0.29) is 18.6 Å². The van der Waals surface area contributed by atoms with E-state index in [0.717, 1.165) is 12.1 Å². The number of likely N-dealkylation sites (N-methyl/N-ethyl adjacent to an activating group) is 1. The third kappa shape index (κ3) is 4.36. The zero-order valence-electron chi connectivity index (χ0n) is 12.8. The molecule has 2 aliphatic rings. The molecular weight excluding hydrogens is 270 g/mol. The van der Waals surface area contributed by atoms with Gasteiger partial charge in [0.25, 0.3) is 0 Å². The van der Waals surface area contributed by atoms with Crippen molar-refractivity contribution in [3.63, 3.8) is 0 Å². The SMILES string of the molecule is CNCC(O)CN=C1C=CC(N2CCOCC2=O)C(C)C1. The van der Waals surface area contributed by atoms with E-state index in [1.165, 1.54) is 0 Å². The maximum absolute atomic E-state index is 11.9. The Morgan fingerprint density at radius 3 is 3.10 bits per heavy atom. The van der Waals surface area contributed by atoms with Gasteiger partial charge in [0.2, 0.25) is 5.91 Å². The van der Waals surface area contributed by atoms with Gasteiger partial charge in [-0.3, -0.25) is 9.79 Å². The van der Waals surface area contributed by atoms with E-state index < -0.39 is 6.10 Å². The van der Waals surface area contributed by atoms with E-state index in [1.54, 1.807) is 0 Å². The third-order valence-electron chi connectivity index (χ3n) is 3.93. The Labute approximate surface area is 125 Å². The molecule has 1 aliphatic heterocycles. The fraction of sp³-hybridized carbons (Fsp3) is 0.733. The third-order valence-corrected chi connectivity index (χ3v) is 3.93. The van der Waals surface area contributed by atoms with Gasteiger partial charge in [0, 0.05) is 18.8 Å². The number of morpholine rings is 1. The number of hydrogen-bond donors (Lipinski definition) is 2. The number of aliphatic hydroxyl groups excluding tert-OH is 1. The molecule has 0 bridgehead atoms. The Kier molecular flexibility index (Phi) is 5.90. The monoisotopic (exact) mass is 295 g/mol. The van der Waals surface area contributed by atoms with Crippen molar-refractivity contribution in [3.05, 3.63) is 12.2 Å². The predicted octanol–water partition coefficient (Wildman–Crippen LogP) is -0.169. The lowest BCUT2D eigenvalue weighted by Gasteiger charge is -2.38. The molecule has 0 saturated carbocycles. The average molecular weight is 295 g/mol. The van der Waals surface area contributed by atoms with Crippen LogP contribution < -0.4 is 5.32 Å². The van der Waals surface area contributed by atoms with Crippen molar-refractivity contribution in [1.29, 1.82) is 0 Å². The van der Waals surface area contributed by atoms with Crippen molar-refractivity contribution < 1.29 is 14.6 Å². The van der Waals surface area contributed by atoms with Crippen molar-refractivity contribution in [2.75, 3.05) is 39.9 Å². The van der Waals surface area contributed by atoms with Crippen molar-refractivity contribution in [3.8, 4) is 0 Å². The number of aliphatic imine (C=N–C) groups is 1. The highest BCUT2D eigenvalue weighted by atomic mass is 16.5. The van der Waals surface area contributed by atoms with Crippen LogP contribution in [0.5, 0.6) is 0 Å². The number of rotatable bonds is 5. The summed E-state index contributed by atoms with van der Waals surface area (Å²) in [6.45, 7) is 4.55. The number of carbonyl (C=O) groups is 1. The molecule has 1 heterocycles. The van der Waals surface area contributed by atoms with Crippen LogP contribution in [0, 0.1) is 5.92 Å². The number of carbonyl (C=O) groups excluding carboxylic acids is 1. The molecule has 6 nitrogen and oxygen atoms in total. The number of nitrogens with zero attached hydrogens (tertiary/aromatic N) is 2. The van der Waals surface area contributed by atoms with Crippen LogP contribution in [-0.2, 0) is 9.53 Å². The summed E-state index contributed by atoms with van der Waals surface area (Å²) in [7, 11) is 1.81. The summed E-state index contributed by atoms with van der Waals surface area (Å²) in [4.78, 5) is 18.3. The summed E-state index contributed by atoms with van der Waals surface area (Å²) in [5, 5.41) is 12.6. The van der Waals surface area contributed by atoms with Gasteiger partial charge >= 0.3 is 0 Å². The Morgan fingerprint density at radius 2 is 2.43 bits per heavy atom. The number of hydrogen-bond acceptors (Lipinski definition) is 5. The highest BCUT2D eigenvalue weighted by molar-refractivity contribution is 5.96. The van der Waals surface area contributed by atoms with E-state index in [9.17, 15) is 9.90 Å². The van der Waals surface area contributed by atoms with E-state index in [1.807, 2.05) is 18.0 Å². The molecule has 3 unspecified atom stereocenters. The summed E-state index contributed by atoms with van der Waals surface area (Å²) in [6, 6.07) is 0.127. The Hall–Kier alpha value is -1.24. The molecule has 0 aromatic heterocycles. The first kappa shape index (κ1) is 16.1. The fourth-order valence-corrected chi connectivity index (χ4v) is 2.81. The van der Waals surface area contributed by atoms with Crippen LogP contribution in [0.25, 0.3) is 0 Å². The van der Waals surface area contributed by atoms with Crippen LogP contribution in [0.2, 0.25) is 0 Å². The van der Waals surface area contributed by atoms with Crippen LogP contribution in [0.4, 0.5) is 0 Å². The highest BCUT2D eigenvalue weighted by Gasteiger charge is 2.31. The maximum atomic E-state index is 11.9. The zero-order chi connectivity index (χ0) is 15.2. The molecule has 118 valence electrons. The summed E-state index contributed by atoms with van der Waals surface area (Å²) in [6.07, 6.45) is 4.42. The van der Waals surface area contributed by atoms with Gasteiger partial charge in [0.05, 0.1) is 25.3 Å². The Morgan fingerprint density at radius 1 is 1.62 bits per heavy atom. The molecule has 0 radical (unpaired) electrons. The summed E-state index contributed by atoms with van der Waals surface area (Å²) >= 11 is 0. The molecule has 6 heteroatoms. The Balaban J connectivity index is 1.95. The van der Waals surface area contributed by atoms with Gasteiger partial charge in [-0.05, 0) is 25.5 Å². The smallest absolute Gasteiger partial charge is 0.249 e. The molecular formula is C15H25N3O3. The quantitative estimate of drug-likeness (QED) is 0.738. The first-order valence-electron chi connectivity index (χ1n) is 7.53. The first-order valence-corrected chi connectivity index (χ1v) is 7.53. The second-order valence-corrected chi connectivity index (χ2v) is 5.71. The van der Waals surface area contributed by atoms with Gasteiger partial charge < -0.3 is 20.1 Å². The maximum Gasteiger partial charge on any atom is 0.249 e. The van der Waals surface area contributed by atoms with E-state index >= 15 is 0 Å². The minimum Gasteiger partial charge on any atom is -0.390 e. The lowest BCUT2D eigenvalue weighted by atomic mass is 9.88. The largest absolute Gasteiger partial charge is 0.390 e. The minimum absolute atomic E-state index is 0.0626. The van der Waals surface area contributed by atoms with Gasteiger partial charge in [-0.15, -0.1) is 0 Å². The molecule has 1 saturated heterocycles. The van der Waals surface area contributed by atoms with Gasteiger partial charge in [-0.25, -0.2) is 0 Å². The molecule has 0 aromatic carbocycles. The lowest BCUT2D eigenvalue weighted by Crippen LogP contribution is -2.50. The standard InChI is InChI=1S/C15H25N3O3/c1-11-7-12(17-9-13(19)8-16-2)3-4-14(11)18-5-6-21-10-15(18)20/h3-4,11,13-14,16,19H,5-10H2,1-2H3. The van der Waals surface area contributed by atoms with Crippen molar-refractivity contribution in [2.45, 2.75) is 25.5 Å². The molecule has 1 amide bonds. The highest BCUT2D eigenvalue weighted by Crippen LogP contribution is 2.23. The van der Waals surface area contributed by atoms with Crippen LogP contribution in [0.1, 0.15) is 13.3 Å². The molecule has 3 atom stereocenters. The number of nitrogens with one attached hydrogen (secondary N) is 1. The van der Waals surface area contributed by atoms with Crippen molar-refractivity contribution in [2.24, 2.45) is 10.9 Å². The molecule has 0 spiro atoms. The summed E-state index contributed by atoms with van der Waals surface area (Å²) < 4.78 is 5.17. The number of amides is 1. The predicted molar refractivity (Wildman–Crippen MR) is 81.5 cm³/mol. The van der Waals surface area contributed by atoms with Crippen molar-refractivity contribution >= 4 is 11.6 Å². The van der Waals surface area contributed by atoms with Crippen LogP contribution in [0.15, 0.2) is 17.1 Å². The molecule has 2 rings (SSSR count). The number of ether oxygens (including phenoxy) is 1. The van der Waals surface area contributed by atoms with E-state index in [4.69, 9.17) is 4.74 Å². The summed E-state index contributed by atoms with van der Waals surface area (Å²) in [5.41, 5.74) is 0.995. The fourth-order valence-electron chi connectivity index (χ4n) is 2.81. The average Bonchev–Trinajstić information content (AvgIpc) is 2.47. The molecule has 2 N–H and O–H groups in total. The van der Waals surface area contributed by atoms with Crippen LogP contribution >= 0.6 is 0 Å². The van der Waals surface area contributed by atoms with E-state index in [2.05, 4.69) is 23.3 Å². The number of allylic oxidation sites excluding steroid dienone is 1. The van der Waals surface area contributed by atoms with Gasteiger partial charge in [-0.2, -0.15) is 0 Å². The first-order chi connectivity index (χ1) is 10.1. The van der Waals surface area contributed by atoms with Gasteiger partial charge in [0.1, 0.15) is 6.61 Å². The molecule has 0 aromatic rings. The van der Waals surface area contributed by atoms with E-state index in [0.29, 0.717) is 32.2 Å². The minimum atomic E-state index is -0.454. The van der Waals surface area contributed by atoms with Crippen LogP contribution in [-0.4, -0.2) is 73.7 Å². The Bertz CT molecular complexity index is 422. The second kappa shape index (κ2) is 7.68. The molecule has 1 fully saturated rings. The zero-order valence-corrected chi connectivity index (χ0v) is 12.8. The molecule has 21 heavy (non-hydrogen) atoms. The molecule has 1 aliphatic carbocycles. The second-order valence-electron chi connectivity index (χ2n) is 5.71.